The van der Waals surface area contributed by atoms with Crippen LogP contribution in [-0.4, -0.2) is 22.2 Å². The molecule has 0 saturated carbocycles. The summed E-state index contributed by atoms with van der Waals surface area (Å²) in [6, 6.07) is 0. The van der Waals surface area contributed by atoms with Gasteiger partial charge in [0.05, 0.1) is 35.1 Å². The van der Waals surface area contributed by atoms with Gasteiger partial charge in [-0.1, -0.05) is 0 Å². The Kier molecular flexibility index (Phi) is 4.57. The molecule has 1 rings (SSSR count). The largest absolute Gasteiger partial charge is 0.265 e. The quantitative estimate of drug-likeness (QED) is 0.772. The minimum atomic E-state index is 0.109. The lowest BCUT2D eigenvalue weighted by Crippen LogP contribution is -2.17. The molecular weight excluding hydrogens is 216 g/mol. The van der Waals surface area contributed by atoms with Gasteiger partial charge >= 0.3 is 0 Å². The Bertz CT molecular complexity index is 258. The highest BCUT2D eigenvalue weighted by molar-refractivity contribution is 7.09. The molecule has 0 atom stereocenters. The molecule has 13 heavy (non-hydrogen) atoms. The Balaban J connectivity index is 2.24. The lowest BCUT2D eigenvalue weighted by atomic mass is 10.3. The van der Waals surface area contributed by atoms with Crippen molar-refractivity contribution in [2.45, 2.75) is 13.3 Å². The van der Waals surface area contributed by atoms with Crippen molar-refractivity contribution < 1.29 is 14.4 Å². The molecule has 1 aromatic rings. The first kappa shape index (κ1) is 10.8. The molecule has 0 fully saturated rings. The van der Waals surface area contributed by atoms with Gasteiger partial charge in [0.1, 0.15) is 0 Å². The third kappa shape index (κ3) is 3.55. The number of hydrogen-bond acceptors (Lipinski definition) is 6. The maximum Gasteiger partial charge on any atom is 0.0918 e. The van der Waals surface area contributed by atoms with Crippen LogP contribution in [0, 0.1) is 6.92 Å². The summed E-state index contributed by atoms with van der Waals surface area (Å²) in [7, 11) is 0. The molecule has 0 unspecified atom stereocenters. The average molecular weight is 225 g/mol. The Morgan fingerprint density at radius 2 is 2.54 bits per heavy atom. The fourth-order valence-electron chi connectivity index (χ4n) is 0.802. The predicted molar refractivity (Wildman–Crippen MR) is 47.1 cm³/mol. The Hall–Kier alpha value is -0.240. The second-order valence-electron chi connectivity index (χ2n) is 2.25. The van der Waals surface area contributed by atoms with Crippen LogP contribution >= 0.6 is 23.2 Å². The second-order valence-corrected chi connectivity index (χ2v) is 3.33. The highest BCUT2D eigenvalue weighted by atomic mass is 35.5. The first-order chi connectivity index (χ1) is 6.24. The maximum absolute atomic E-state index is 8.60. The molecule has 0 aliphatic carbocycles. The molecule has 0 aromatic carbocycles. The minimum Gasteiger partial charge on any atom is -0.265 e. The molecule has 1 heterocycles. The molecule has 7 heteroatoms. The van der Waals surface area contributed by atoms with E-state index in [9.17, 15) is 0 Å². The standard InChI is InChI=1S/C6H9ClN2O3S/c1-5-6(13-4-8-5)2-3-11-9(10)12-7/h4,10H,2-3H2,1H3. The number of hydrogen-bond donors (Lipinski definition) is 1. The van der Waals surface area contributed by atoms with E-state index in [-0.39, 0.29) is 12.0 Å². The van der Waals surface area contributed by atoms with Crippen LogP contribution in [0.1, 0.15) is 10.6 Å². The molecule has 0 aliphatic heterocycles. The first-order valence-electron chi connectivity index (χ1n) is 3.53. The normalized spacial score (nSPS) is 11.1. The fourth-order valence-corrected chi connectivity index (χ4v) is 1.60. The summed E-state index contributed by atoms with van der Waals surface area (Å²) in [6.45, 7) is 2.20. The zero-order valence-electron chi connectivity index (χ0n) is 6.94. The molecule has 0 radical (unpaired) electrons. The molecule has 74 valence electrons. The minimum absolute atomic E-state index is 0.109. The van der Waals surface area contributed by atoms with Crippen LogP contribution in [0.3, 0.4) is 0 Å². The van der Waals surface area contributed by atoms with E-state index >= 15 is 0 Å². The summed E-state index contributed by atoms with van der Waals surface area (Å²) in [5.74, 6) is 0. The van der Waals surface area contributed by atoms with Crippen molar-refractivity contribution in [3.8, 4) is 0 Å². The maximum atomic E-state index is 8.60. The van der Waals surface area contributed by atoms with Crippen LogP contribution in [0.25, 0.3) is 0 Å². The molecule has 0 amide bonds. The first-order valence-corrected chi connectivity index (χ1v) is 4.72. The molecular formula is C6H9ClN2O3S. The van der Waals surface area contributed by atoms with E-state index in [2.05, 4.69) is 14.2 Å². The van der Waals surface area contributed by atoms with E-state index in [1.165, 1.54) is 0 Å². The van der Waals surface area contributed by atoms with E-state index in [0.717, 1.165) is 10.6 Å². The summed E-state index contributed by atoms with van der Waals surface area (Å²) in [5.41, 5.74) is 2.74. The van der Waals surface area contributed by atoms with Gasteiger partial charge < -0.3 is 0 Å². The van der Waals surface area contributed by atoms with E-state index in [1.807, 2.05) is 6.92 Å². The third-order valence-electron chi connectivity index (χ3n) is 1.43. The molecule has 0 bridgehead atoms. The van der Waals surface area contributed by atoms with Crippen molar-refractivity contribution in [1.29, 1.82) is 0 Å². The van der Waals surface area contributed by atoms with E-state index in [1.54, 1.807) is 16.8 Å². The smallest absolute Gasteiger partial charge is 0.0918 e. The Morgan fingerprint density at radius 1 is 1.77 bits per heavy atom. The summed E-state index contributed by atoms with van der Waals surface area (Å²) >= 11 is 6.33. The monoisotopic (exact) mass is 224 g/mol. The lowest BCUT2D eigenvalue weighted by molar-refractivity contribution is -0.472. The molecule has 0 spiro atoms. The van der Waals surface area contributed by atoms with E-state index in [4.69, 9.17) is 17.1 Å². The van der Waals surface area contributed by atoms with Crippen molar-refractivity contribution in [2.75, 3.05) is 6.61 Å². The van der Waals surface area contributed by atoms with Gasteiger partial charge in [0.2, 0.25) is 0 Å². The number of nitrogens with zero attached hydrogens (tertiary/aromatic N) is 2. The van der Waals surface area contributed by atoms with Crippen molar-refractivity contribution in [2.24, 2.45) is 0 Å². The molecule has 0 saturated heterocycles. The highest BCUT2D eigenvalue weighted by Gasteiger charge is 2.03. The predicted octanol–water partition coefficient (Wildman–Crippen LogP) is 1.70. The van der Waals surface area contributed by atoms with Gasteiger partial charge in [0.25, 0.3) is 0 Å². The van der Waals surface area contributed by atoms with Crippen LogP contribution in [0.5, 0.6) is 0 Å². The van der Waals surface area contributed by atoms with Gasteiger partial charge in [-0.3, -0.25) is 5.21 Å². The topological polar surface area (TPSA) is 54.8 Å². The van der Waals surface area contributed by atoms with Crippen LogP contribution < -0.4 is 0 Å². The SMILES string of the molecule is Cc1ncsc1CCON(O)OCl. The number of aryl methyl sites for hydroxylation is 1. The number of halogens is 1. The molecule has 1 N–H and O–H groups in total. The van der Waals surface area contributed by atoms with Crippen molar-refractivity contribution in [3.05, 3.63) is 16.1 Å². The van der Waals surface area contributed by atoms with Gasteiger partial charge in [-0.15, -0.1) is 15.7 Å². The third-order valence-corrected chi connectivity index (χ3v) is 2.55. The summed E-state index contributed by atoms with van der Waals surface area (Å²) in [4.78, 5) is 9.81. The van der Waals surface area contributed by atoms with Crippen LogP contribution in [0.15, 0.2) is 5.51 Å². The molecule has 0 aliphatic rings. The van der Waals surface area contributed by atoms with Gasteiger partial charge in [-0.05, 0) is 6.92 Å². The average Bonchev–Trinajstić information content (AvgIpc) is 2.52. The van der Waals surface area contributed by atoms with E-state index < -0.39 is 0 Å². The van der Waals surface area contributed by atoms with Crippen LogP contribution in [0.4, 0.5) is 0 Å². The zero-order valence-corrected chi connectivity index (χ0v) is 8.51. The summed E-state index contributed by atoms with van der Waals surface area (Å²) in [6.07, 6.45) is 0.661. The van der Waals surface area contributed by atoms with Gasteiger partial charge in [-0.25, -0.2) is 9.82 Å². The lowest BCUT2D eigenvalue weighted by Gasteiger charge is -2.07. The van der Waals surface area contributed by atoms with Gasteiger partial charge in [0.15, 0.2) is 0 Å². The fraction of sp³-hybridized carbons (Fsp3) is 0.500. The number of rotatable bonds is 5. The summed E-state index contributed by atoms with van der Waals surface area (Å²) in [5, 5.41) is 8.71. The highest BCUT2D eigenvalue weighted by Crippen LogP contribution is 2.12. The zero-order chi connectivity index (χ0) is 9.68. The number of aromatic nitrogens is 1. The van der Waals surface area contributed by atoms with Crippen LogP contribution in [-0.2, 0) is 15.6 Å². The van der Waals surface area contributed by atoms with Crippen molar-refractivity contribution in [3.63, 3.8) is 0 Å². The van der Waals surface area contributed by atoms with Gasteiger partial charge in [-0.2, -0.15) is 0 Å². The molecule has 5 nitrogen and oxygen atoms in total. The summed E-state index contributed by atoms with van der Waals surface area (Å²) < 4.78 is 3.83. The Labute approximate surface area is 84.5 Å². The number of thiazole rings is 1. The second kappa shape index (κ2) is 5.48. The van der Waals surface area contributed by atoms with Crippen molar-refractivity contribution >= 4 is 23.2 Å². The van der Waals surface area contributed by atoms with Crippen molar-refractivity contribution in [1.82, 2.24) is 10.4 Å². The Morgan fingerprint density at radius 3 is 3.08 bits per heavy atom. The van der Waals surface area contributed by atoms with Crippen LogP contribution in [0.2, 0.25) is 0 Å². The molecule has 1 aromatic heterocycles. The van der Waals surface area contributed by atoms with Gasteiger partial charge in [0, 0.05) is 11.3 Å². The van der Waals surface area contributed by atoms with E-state index in [0.29, 0.717) is 6.42 Å².